The van der Waals surface area contributed by atoms with E-state index in [4.69, 9.17) is 5.73 Å². The van der Waals surface area contributed by atoms with E-state index in [0.717, 1.165) is 59.6 Å². The van der Waals surface area contributed by atoms with Crippen LogP contribution in [0.4, 0.5) is 0 Å². The Morgan fingerprint density at radius 2 is 1.48 bits per heavy atom. The zero-order chi connectivity index (χ0) is 36.7. The van der Waals surface area contributed by atoms with E-state index in [1.807, 2.05) is 30.3 Å². The standard InChI is InChI=1S/C36H53BrN8O5/c1-45(2,3)22-10-9-15-28(33(47)40-21-20-38)41-35(49)30(25-13-7-8-14-25)43-36(50)31(39)44-34(48)29(23-24-11-5-4-6-12-24)42-32(46)26-16-18-27(37)19-17-26/h4-6,11-12,16-19,25,28-31H,7-10,13-15,20-23,38-39H2,1-3H3,(H4-,40,41,42,43,44,46,47,48,49,50)/p+2. The minimum atomic E-state index is -1.51. The molecule has 10 N–H and O–H groups in total. The zero-order valence-corrected chi connectivity index (χ0v) is 31.1. The average Bonchev–Trinajstić information content (AvgIpc) is 3.62. The van der Waals surface area contributed by atoms with Gasteiger partial charge >= 0.3 is 0 Å². The van der Waals surface area contributed by atoms with Crippen LogP contribution in [0.3, 0.4) is 0 Å². The van der Waals surface area contributed by atoms with Crippen molar-refractivity contribution < 1.29 is 34.2 Å². The molecule has 0 spiro atoms. The molecule has 3 rings (SSSR count). The summed E-state index contributed by atoms with van der Waals surface area (Å²) in [7, 11) is 6.31. The maximum absolute atomic E-state index is 13.8. The monoisotopic (exact) mass is 758 g/mol. The van der Waals surface area contributed by atoms with Crippen molar-refractivity contribution in [1.82, 2.24) is 26.6 Å². The third kappa shape index (κ3) is 13.8. The lowest BCUT2D eigenvalue weighted by atomic mass is 9.96. The van der Waals surface area contributed by atoms with E-state index in [2.05, 4.69) is 69.4 Å². The minimum absolute atomic E-state index is 0.153. The largest absolute Gasteiger partial charge is 0.356 e. The molecule has 4 unspecified atom stereocenters. The number of nitrogens with zero attached hydrogens (tertiary/aromatic N) is 1. The second-order valence-electron chi connectivity index (χ2n) is 14.0. The highest BCUT2D eigenvalue weighted by molar-refractivity contribution is 9.10. The molecule has 0 radical (unpaired) electrons. The van der Waals surface area contributed by atoms with Gasteiger partial charge in [0.05, 0.1) is 40.8 Å². The Bertz CT molecular complexity index is 1410. The number of benzene rings is 2. The zero-order valence-electron chi connectivity index (χ0n) is 29.5. The average molecular weight is 760 g/mol. The Kier molecular flexibility index (Phi) is 16.3. The molecule has 0 heterocycles. The van der Waals surface area contributed by atoms with Crippen LogP contribution in [0, 0.1) is 5.92 Å². The molecule has 2 aromatic rings. The molecular weight excluding hydrogens is 704 g/mol. The number of halogens is 1. The van der Waals surface area contributed by atoms with Crippen LogP contribution in [0.25, 0.3) is 0 Å². The summed E-state index contributed by atoms with van der Waals surface area (Å²) >= 11 is 3.35. The first-order valence-corrected chi connectivity index (χ1v) is 18.2. The highest BCUT2D eigenvalue weighted by Crippen LogP contribution is 2.28. The molecule has 4 atom stereocenters. The molecule has 13 nitrogen and oxygen atoms in total. The fourth-order valence-electron chi connectivity index (χ4n) is 5.95. The highest BCUT2D eigenvalue weighted by atomic mass is 79.9. The van der Waals surface area contributed by atoms with Gasteiger partial charge in [-0.25, -0.2) is 0 Å². The van der Waals surface area contributed by atoms with Crippen LogP contribution < -0.4 is 38.1 Å². The lowest BCUT2D eigenvalue weighted by Gasteiger charge is -2.28. The van der Waals surface area contributed by atoms with E-state index in [1.165, 1.54) is 0 Å². The molecule has 0 aliphatic heterocycles. The Labute approximate surface area is 303 Å². The van der Waals surface area contributed by atoms with Gasteiger partial charge in [0.2, 0.25) is 17.7 Å². The second-order valence-corrected chi connectivity index (χ2v) is 14.9. The summed E-state index contributed by atoms with van der Waals surface area (Å²) in [4.78, 5) is 66.9. The van der Waals surface area contributed by atoms with E-state index >= 15 is 0 Å². The molecule has 5 amide bonds. The van der Waals surface area contributed by atoms with Crippen LogP contribution in [0.2, 0.25) is 0 Å². The SMILES string of the molecule is C[N+](C)(C)CCCCC(NC(=O)C(NC(=O)C(N)NC(=O)C(Cc1ccccc1)NC(=O)c1ccc(Br)cc1)C1CCCC1)C(=O)NCC[NH3+]. The third-order valence-corrected chi connectivity index (χ3v) is 9.25. The summed E-state index contributed by atoms with van der Waals surface area (Å²) in [6.07, 6.45) is 3.98. The number of carbonyl (C=O) groups is 5. The molecule has 2 aromatic carbocycles. The van der Waals surface area contributed by atoms with Gasteiger partial charge < -0.3 is 42.5 Å². The lowest BCUT2D eigenvalue weighted by Crippen LogP contribution is -2.62. The molecule has 1 aliphatic carbocycles. The number of rotatable bonds is 19. The molecular formula is C36H55BrN8O5+2. The van der Waals surface area contributed by atoms with E-state index in [0.29, 0.717) is 25.1 Å². The summed E-state index contributed by atoms with van der Waals surface area (Å²) < 4.78 is 1.60. The molecule has 1 saturated carbocycles. The van der Waals surface area contributed by atoms with Crippen LogP contribution in [0.1, 0.15) is 60.9 Å². The van der Waals surface area contributed by atoms with Crippen molar-refractivity contribution in [3.05, 3.63) is 70.2 Å². The number of quaternary nitrogens is 2. The van der Waals surface area contributed by atoms with E-state index in [9.17, 15) is 24.0 Å². The Hall–Kier alpha value is -3.85. The molecule has 50 heavy (non-hydrogen) atoms. The van der Waals surface area contributed by atoms with E-state index in [1.54, 1.807) is 24.3 Å². The molecule has 0 bridgehead atoms. The number of carbonyl (C=O) groups excluding carboxylic acids is 5. The van der Waals surface area contributed by atoms with Crippen molar-refractivity contribution >= 4 is 45.5 Å². The Balaban J connectivity index is 1.71. The fraction of sp³-hybridized carbons (Fsp3) is 0.528. The number of hydrogen-bond acceptors (Lipinski definition) is 6. The van der Waals surface area contributed by atoms with Gasteiger partial charge in [-0.15, -0.1) is 0 Å². The normalized spacial score (nSPS) is 15.6. The van der Waals surface area contributed by atoms with Crippen molar-refractivity contribution in [1.29, 1.82) is 0 Å². The first-order chi connectivity index (χ1) is 23.8. The van der Waals surface area contributed by atoms with Crippen molar-refractivity contribution in [2.24, 2.45) is 11.7 Å². The number of unbranched alkanes of at least 4 members (excludes halogenated alkanes) is 1. The summed E-state index contributed by atoms with van der Waals surface area (Å²) in [5.41, 5.74) is 11.1. The highest BCUT2D eigenvalue weighted by Gasteiger charge is 2.36. The molecule has 274 valence electrons. The molecule has 1 aliphatic rings. The van der Waals surface area contributed by atoms with Gasteiger partial charge in [-0.05, 0) is 67.9 Å². The van der Waals surface area contributed by atoms with Crippen molar-refractivity contribution in [2.45, 2.75) is 75.7 Å². The molecule has 14 heteroatoms. The van der Waals surface area contributed by atoms with Crippen LogP contribution in [0.5, 0.6) is 0 Å². The predicted molar refractivity (Wildman–Crippen MR) is 195 cm³/mol. The van der Waals surface area contributed by atoms with Crippen molar-refractivity contribution in [3.8, 4) is 0 Å². The molecule has 1 fully saturated rings. The van der Waals surface area contributed by atoms with Crippen LogP contribution in [-0.2, 0) is 25.6 Å². The fourth-order valence-corrected chi connectivity index (χ4v) is 6.22. The van der Waals surface area contributed by atoms with E-state index in [-0.39, 0.29) is 18.2 Å². The van der Waals surface area contributed by atoms with Gasteiger partial charge in [-0.3, -0.25) is 24.0 Å². The quantitative estimate of drug-likeness (QED) is 0.0621. The Morgan fingerprint density at radius 1 is 0.820 bits per heavy atom. The van der Waals surface area contributed by atoms with Gasteiger partial charge in [0, 0.05) is 16.5 Å². The minimum Gasteiger partial charge on any atom is -0.356 e. The van der Waals surface area contributed by atoms with Crippen LogP contribution in [-0.4, -0.2) is 99.1 Å². The summed E-state index contributed by atoms with van der Waals surface area (Å²) in [5, 5.41) is 13.8. The van der Waals surface area contributed by atoms with Gasteiger partial charge in [-0.2, -0.15) is 0 Å². The number of amides is 5. The van der Waals surface area contributed by atoms with Crippen LogP contribution >= 0.6 is 15.9 Å². The summed E-state index contributed by atoms with van der Waals surface area (Å²) in [5.74, 6) is -2.77. The number of nitrogens with one attached hydrogen (secondary N) is 5. The van der Waals surface area contributed by atoms with Crippen LogP contribution in [0.15, 0.2) is 59.1 Å². The number of hydrogen-bond donors (Lipinski definition) is 7. The molecule has 0 saturated heterocycles. The first kappa shape index (κ1) is 40.6. The molecule has 0 aromatic heterocycles. The lowest BCUT2D eigenvalue weighted by molar-refractivity contribution is -0.870. The maximum Gasteiger partial charge on any atom is 0.258 e. The van der Waals surface area contributed by atoms with Crippen molar-refractivity contribution in [2.75, 3.05) is 40.8 Å². The van der Waals surface area contributed by atoms with Gasteiger partial charge in [-0.1, -0.05) is 59.1 Å². The third-order valence-electron chi connectivity index (χ3n) is 8.72. The van der Waals surface area contributed by atoms with Gasteiger partial charge in [0.1, 0.15) is 18.1 Å². The smallest absolute Gasteiger partial charge is 0.258 e. The topological polar surface area (TPSA) is 199 Å². The van der Waals surface area contributed by atoms with Crippen molar-refractivity contribution in [3.63, 3.8) is 0 Å². The maximum atomic E-state index is 13.8. The van der Waals surface area contributed by atoms with E-state index < -0.39 is 47.9 Å². The summed E-state index contributed by atoms with van der Waals surface area (Å²) in [6.45, 7) is 1.82. The van der Waals surface area contributed by atoms with Gasteiger partial charge in [0.25, 0.3) is 11.8 Å². The second kappa shape index (κ2) is 20.1. The van der Waals surface area contributed by atoms with Gasteiger partial charge in [0.15, 0.2) is 6.17 Å². The predicted octanol–water partition coefficient (Wildman–Crippen LogP) is 0.586. The summed E-state index contributed by atoms with van der Waals surface area (Å²) in [6, 6.07) is 13.1. The number of nitrogens with two attached hydrogens (primary N) is 1. The first-order valence-electron chi connectivity index (χ1n) is 17.4. The Morgan fingerprint density at radius 3 is 2.10 bits per heavy atom.